The van der Waals surface area contributed by atoms with E-state index in [1.54, 1.807) is 135 Å². The maximum absolute atomic E-state index is 13.1. The number of amides is 4. The first-order chi connectivity index (χ1) is 35.7. The molecule has 74 heavy (non-hydrogen) atoms. The summed E-state index contributed by atoms with van der Waals surface area (Å²) >= 11 is 24.3. The van der Waals surface area contributed by atoms with Gasteiger partial charge in [-0.2, -0.15) is 0 Å². The normalized spacial score (nSPS) is 10.3. The minimum atomic E-state index is -0.871. The number of nitrogens with two attached hydrogens (primary N) is 1. The lowest BCUT2D eigenvalue weighted by Gasteiger charge is -2.08. The fraction of sp³-hybridized carbons (Fsp3) is 0.107. The van der Waals surface area contributed by atoms with Crippen molar-refractivity contribution in [2.24, 2.45) is 4.99 Å². The zero-order valence-corrected chi connectivity index (χ0v) is 42.5. The number of nitrogens with zero attached hydrogens (tertiary/aromatic N) is 1. The van der Waals surface area contributed by atoms with Crippen molar-refractivity contribution < 1.29 is 47.1 Å². The number of nitrogens with one attached hydrogen (secondary N) is 2. The SMILES string of the molecule is CCOC(=O)c1c(N)oc(-c2cccc(Cl)c2)c1Cc1ccc(Cl)cc1.CCOC(=O)c1c(NC(=O)NC(=O)c2ccccc2)oc(-c2cccc(Cl)c2)c1Cc1ccc(Cl)cc1.O=C=NC(=O)c1ccccc1. The molecule has 4 amide bonds. The summed E-state index contributed by atoms with van der Waals surface area (Å²) in [6, 6.07) is 44.3. The quantitative estimate of drug-likeness (QED) is 0.0562. The van der Waals surface area contributed by atoms with E-state index >= 15 is 0 Å². The van der Waals surface area contributed by atoms with Crippen LogP contribution in [0.15, 0.2) is 172 Å². The van der Waals surface area contributed by atoms with Gasteiger partial charge in [-0.1, -0.05) is 131 Å². The Morgan fingerprint density at radius 1 is 0.568 bits per heavy atom. The van der Waals surface area contributed by atoms with Crippen LogP contribution in [0.1, 0.15) is 77.5 Å². The monoisotopic (exact) mass is 1070 g/mol. The summed E-state index contributed by atoms with van der Waals surface area (Å²) in [4.78, 5) is 74.2. The van der Waals surface area contributed by atoms with E-state index in [2.05, 4.69) is 15.6 Å². The number of anilines is 2. The van der Waals surface area contributed by atoms with Crippen LogP contribution >= 0.6 is 46.4 Å². The average Bonchev–Trinajstić information content (AvgIpc) is 3.92. The number of imide groups is 1. The third-order valence-corrected chi connectivity index (χ3v) is 11.4. The largest absolute Gasteiger partial charge is 0.462 e. The lowest BCUT2D eigenvalue weighted by atomic mass is 9.98. The van der Waals surface area contributed by atoms with Crippen molar-refractivity contribution in [3.05, 3.63) is 222 Å². The van der Waals surface area contributed by atoms with Gasteiger partial charge in [-0.3, -0.25) is 20.2 Å². The third kappa shape index (κ3) is 15.2. The Bertz CT molecular complexity index is 3300. The Morgan fingerprint density at radius 3 is 1.50 bits per heavy atom. The second-order valence-corrected chi connectivity index (χ2v) is 17.2. The molecule has 6 aromatic carbocycles. The molecule has 8 aromatic rings. The van der Waals surface area contributed by atoms with E-state index in [-0.39, 0.29) is 42.5 Å². The Balaban J connectivity index is 0.000000208. The number of isocyanates is 1. The van der Waals surface area contributed by atoms with Crippen molar-refractivity contribution in [3.63, 3.8) is 0 Å². The van der Waals surface area contributed by atoms with Crippen molar-refractivity contribution in [1.29, 1.82) is 0 Å². The van der Waals surface area contributed by atoms with Gasteiger partial charge in [0.15, 0.2) is 0 Å². The zero-order valence-electron chi connectivity index (χ0n) is 39.5. The highest BCUT2D eigenvalue weighted by Crippen LogP contribution is 2.39. The van der Waals surface area contributed by atoms with Crippen molar-refractivity contribution in [2.75, 3.05) is 24.3 Å². The number of hydrogen-bond acceptors (Lipinski definition) is 11. The van der Waals surface area contributed by atoms with Gasteiger partial charge in [0.1, 0.15) is 22.6 Å². The van der Waals surface area contributed by atoms with Crippen LogP contribution in [0, 0.1) is 0 Å². The molecule has 18 heteroatoms. The second-order valence-electron chi connectivity index (χ2n) is 15.5. The van der Waals surface area contributed by atoms with E-state index in [1.165, 1.54) is 6.08 Å². The first-order valence-corrected chi connectivity index (χ1v) is 24.0. The molecule has 0 radical (unpaired) electrons. The molecule has 0 aliphatic rings. The Labute approximate surface area is 445 Å². The van der Waals surface area contributed by atoms with Gasteiger partial charge in [-0.25, -0.2) is 19.2 Å². The number of carbonyl (C=O) groups excluding carboxylic acids is 6. The van der Waals surface area contributed by atoms with Crippen molar-refractivity contribution in [2.45, 2.75) is 26.7 Å². The standard InChI is InChI=1S/C28H22Cl2N2O5.C20H17Cl2NO3.C8H5NO2/c1-2-36-27(34)23-22(15-17-11-13-20(29)14-12-17)24(19-9-6-10-21(30)16-19)37-26(23)32-28(35)31-25(33)18-7-4-3-5-8-18;1-2-25-20(24)17-16(10-12-6-8-14(21)9-7-12)18(26-19(17)23)13-4-3-5-15(22)11-13;10-6-9-8(11)7-4-2-1-3-5-7/h3-14,16H,2,15H2,1H3,(H2,31,32,33,35);3-9,11H,2,10,23H2,1H3;1-5H. The smallest absolute Gasteiger partial charge is 0.344 e. The number of carbonyl (C=O) groups is 5. The van der Waals surface area contributed by atoms with Crippen LogP contribution < -0.4 is 16.4 Å². The average molecular weight is 1070 g/mol. The van der Waals surface area contributed by atoms with Crippen molar-refractivity contribution in [1.82, 2.24) is 5.32 Å². The van der Waals surface area contributed by atoms with Gasteiger partial charge in [0.05, 0.1) is 13.2 Å². The number of rotatable bonds is 13. The lowest BCUT2D eigenvalue weighted by molar-refractivity contribution is 0.0516. The highest BCUT2D eigenvalue weighted by molar-refractivity contribution is 6.31. The summed E-state index contributed by atoms with van der Waals surface area (Å²) in [6.07, 6.45) is 1.90. The van der Waals surface area contributed by atoms with Crippen LogP contribution in [-0.4, -0.2) is 49.1 Å². The fourth-order valence-electron chi connectivity index (χ4n) is 7.15. The Kier molecular flexibility index (Phi) is 20.1. The summed E-state index contributed by atoms with van der Waals surface area (Å²) in [6.45, 7) is 3.77. The van der Waals surface area contributed by atoms with Crippen LogP contribution in [0.4, 0.5) is 16.6 Å². The molecule has 0 saturated heterocycles. The molecule has 0 aliphatic heterocycles. The zero-order chi connectivity index (χ0) is 53.1. The molecule has 376 valence electrons. The number of esters is 2. The number of urea groups is 1. The predicted molar refractivity (Wildman–Crippen MR) is 285 cm³/mol. The van der Waals surface area contributed by atoms with Crippen LogP contribution in [0.2, 0.25) is 20.1 Å². The molecule has 0 aliphatic carbocycles. The summed E-state index contributed by atoms with van der Waals surface area (Å²) in [5, 5.41) is 6.97. The number of hydrogen-bond donors (Lipinski definition) is 3. The fourth-order valence-corrected chi connectivity index (χ4v) is 7.78. The van der Waals surface area contributed by atoms with E-state index in [9.17, 15) is 28.8 Å². The number of benzene rings is 6. The summed E-state index contributed by atoms with van der Waals surface area (Å²) in [5.74, 6) is -1.66. The van der Waals surface area contributed by atoms with Gasteiger partial charge in [-0.05, 0) is 97.8 Å². The van der Waals surface area contributed by atoms with E-state index < -0.39 is 29.8 Å². The molecule has 14 nitrogen and oxygen atoms in total. The molecule has 0 bridgehead atoms. The predicted octanol–water partition coefficient (Wildman–Crippen LogP) is 13.7. The molecule has 0 fully saturated rings. The highest BCUT2D eigenvalue weighted by Gasteiger charge is 2.30. The summed E-state index contributed by atoms with van der Waals surface area (Å²) in [5.41, 5.74) is 11.3. The number of furan rings is 2. The molecular formula is C56H44Cl4N4O10. The Hall–Kier alpha value is -8.23. The third-order valence-electron chi connectivity index (χ3n) is 10.4. The lowest BCUT2D eigenvalue weighted by Crippen LogP contribution is -2.34. The second kappa shape index (κ2) is 27.0. The number of nitrogen functional groups attached to an aromatic ring is 1. The molecule has 0 unspecified atom stereocenters. The minimum Gasteiger partial charge on any atom is -0.462 e. The topological polar surface area (TPSA) is 210 Å². The number of halogens is 4. The summed E-state index contributed by atoms with van der Waals surface area (Å²) < 4.78 is 22.2. The van der Waals surface area contributed by atoms with E-state index in [1.807, 2.05) is 36.4 Å². The van der Waals surface area contributed by atoms with Gasteiger partial charge < -0.3 is 24.0 Å². The van der Waals surface area contributed by atoms with Gasteiger partial charge in [0.25, 0.3) is 11.8 Å². The molecule has 2 heterocycles. The first-order valence-electron chi connectivity index (χ1n) is 22.5. The van der Waals surface area contributed by atoms with Crippen LogP contribution in [0.5, 0.6) is 0 Å². The van der Waals surface area contributed by atoms with E-state index in [0.717, 1.165) is 16.7 Å². The first kappa shape index (κ1) is 55.1. The molecule has 4 N–H and O–H groups in total. The summed E-state index contributed by atoms with van der Waals surface area (Å²) in [7, 11) is 0. The van der Waals surface area contributed by atoms with Gasteiger partial charge in [0.2, 0.25) is 17.8 Å². The van der Waals surface area contributed by atoms with Gasteiger partial charge >= 0.3 is 18.0 Å². The highest BCUT2D eigenvalue weighted by atomic mass is 35.5. The molecule has 0 atom stereocenters. The van der Waals surface area contributed by atoms with Gasteiger partial charge in [0, 0.05) is 66.3 Å². The van der Waals surface area contributed by atoms with Crippen molar-refractivity contribution >= 4 is 94.0 Å². The molecule has 0 saturated carbocycles. The van der Waals surface area contributed by atoms with Crippen LogP contribution in [0.3, 0.4) is 0 Å². The van der Waals surface area contributed by atoms with Crippen LogP contribution in [-0.2, 0) is 27.1 Å². The van der Waals surface area contributed by atoms with E-state index in [4.69, 9.17) is 70.4 Å². The Morgan fingerprint density at radius 2 is 1.03 bits per heavy atom. The number of aliphatic imine (C=N–C) groups is 1. The maximum atomic E-state index is 13.1. The maximum Gasteiger partial charge on any atom is 0.344 e. The van der Waals surface area contributed by atoms with E-state index in [0.29, 0.717) is 65.8 Å². The molecule has 2 aromatic heterocycles. The molecular weight excluding hydrogens is 1030 g/mol. The minimum absolute atomic E-state index is 0.0300. The van der Waals surface area contributed by atoms with Crippen LogP contribution in [0.25, 0.3) is 22.6 Å². The molecule has 8 rings (SSSR count). The van der Waals surface area contributed by atoms with Crippen molar-refractivity contribution in [3.8, 4) is 22.6 Å². The van der Waals surface area contributed by atoms with Gasteiger partial charge in [-0.15, -0.1) is 4.99 Å². The number of ether oxygens (including phenoxy) is 2. The molecule has 0 spiro atoms.